The first-order valence-electron chi connectivity index (χ1n) is 9.03. The first kappa shape index (κ1) is 22.8. The highest BCUT2D eigenvalue weighted by atomic mass is 19.1. The van der Waals surface area contributed by atoms with Crippen LogP contribution < -0.4 is 26.9 Å². The van der Waals surface area contributed by atoms with Crippen LogP contribution in [0.25, 0.3) is 11.1 Å². The standard InChI is InChI=1S/C21H20F2N2O.CH4N2O/c1-14-7-6-10-20(25(2)24)17(14)13-26-16-11-18(22)21(19(23)12-16)15-8-4-3-5-9-15;2-3-1-4/h3-12H,13,24H2,1-2H3;1H,2H2,(H,3,4). The summed E-state index contributed by atoms with van der Waals surface area (Å²) >= 11 is 0. The molecule has 5 N–H and O–H groups in total. The number of carbonyl (C=O) groups is 1. The molecule has 158 valence electrons. The highest BCUT2D eigenvalue weighted by Crippen LogP contribution is 2.30. The Bertz CT molecular complexity index is 959. The topological polar surface area (TPSA) is 93.6 Å². The van der Waals surface area contributed by atoms with Gasteiger partial charge in [0, 0.05) is 24.7 Å². The Hall–Kier alpha value is -3.49. The van der Waals surface area contributed by atoms with Crippen molar-refractivity contribution >= 4 is 12.1 Å². The van der Waals surface area contributed by atoms with E-state index in [-0.39, 0.29) is 17.9 Å². The minimum Gasteiger partial charge on any atom is -0.489 e. The molecule has 3 aromatic carbocycles. The van der Waals surface area contributed by atoms with E-state index >= 15 is 0 Å². The second-order valence-electron chi connectivity index (χ2n) is 6.38. The number of rotatable bonds is 6. The van der Waals surface area contributed by atoms with Gasteiger partial charge in [0.15, 0.2) is 0 Å². The number of hydrogen-bond donors (Lipinski definition) is 3. The van der Waals surface area contributed by atoms with Gasteiger partial charge in [-0.15, -0.1) is 0 Å². The van der Waals surface area contributed by atoms with Gasteiger partial charge in [-0.2, -0.15) is 0 Å². The number of halogens is 2. The van der Waals surface area contributed by atoms with Crippen molar-refractivity contribution in [1.82, 2.24) is 5.43 Å². The van der Waals surface area contributed by atoms with Gasteiger partial charge >= 0.3 is 0 Å². The van der Waals surface area contributed by atoms with Gasteiger partial charge in [-0.25, -0.2) is 20.5 Å². The predicted octanol–water partition coefficient (Wildman–Crippen LogP) is 3.44. The largest absolute Gasteiger partial charge is 0.489 e. The Morgan fingerprint density at radius 1 is 1.07 bits per heavy atom. The molecule has 0 heterocycles. The summed E-state index contributed by atoms with van der Waals surface area (Å²) in [6.07, 6.45) is 0.403. The molecule has 0 saturated heterocycles. The van der Waals surface area contributed by atoms with Crippen LogP contribution in [0.15, 0.2) is 60.7 Å². The molecule has 3 aromatic rings. The van der Waals surface area contributed by atoms with Crippen LogP contribution in [0.4, 0.5) is 14.5 Å². The molecule has 0 aliphatic carbocycles. The third-order valence-electron chi connectivity index (χ3n) is 4.29. The molecule has 0 radical (unpaired) electrons. The molecule has 0 fully saturated rings. The van der Waals surface area contributed by atoms with Gasteiger partial charge in [-0.05, 0) is 24.1 Å². The van der Waals surface area contributed by atoms with Crippen molar-refractivity contribution in [2.75, 3.05) is 12.1 Å². The van der Waals surface area contributed by atoms with Crippen LogP contribution >= 0.6 is 0 Å². The number of nitrogens with two attached hydrogens (primary N) is 2. The fourth-order valence-electron chi connectivity index (χ4n) is 2.87. The summed E-state index contributed by atoms with van der Waals surface area (Å²) in [6.45, 7) is 2.10. The number of anilines is 1. The number of hydrazine groups is 2. The molecule has 1 amide bonds. The van der Waals surface area contributed by atoms with Crippen LogP contribution in [0, 0.1) is 18.6 Å². The summed E-state index contributed by atoms with van der Waals surface area (Å²) in [6, 6.07) is 16.7. The smallest absolute Gasteiger partial charge is 0.221 e. The average Bonchev–Trinajstić information content (AvgIpc) is 2.73. The van der Waals surface area contributed by atoms with Crippen molar-refractivity contribution in [3.63, 3.8) is 0 Å². The molecule has 0 bridgehead atoms. The number of amides is 1. The van der Waals surface area contributed by atoms with Crippen LogP contribution in [0.3, 0.4) is 0 Å². The SMILES string of the molecule is Cc1cccc(N(C)N)c1COc1cc(F)c(-c2ccccc2)c(F)c1.NNC=O. The van der Waals surface area contributed by atoms with Crippen molar-refractivity contribution in [2.24, 2.45) is 11.7 Å². The van der Waals surface area contributed by atoms with E-state index in [2.05, 4.69) is 5.84 Å². The lowest BCUT2D eigenvalue weighted by Gasteiger charge is -2.19. The fourth-order valence-corrected chi connectivity index (χ4v) is 2.87. The molecule has 0 aliphatic rings. The zero-order valence-corrected chi connectivity index (χ0v) is 16.7. The molecule has 0 atom stereocenters. The zero-order chi connectivity index (χ0) is 22.1. The summed E-state index contributed by atoms with van der Waals surface area (Å²) in [5.41, 5.74) is 4.83. The van der Waals surface area contributed by atoms with Crippen molar-refractivity contribution in [3.05, 3.63) is 83.4 Å². The van der Waals surface area contributed by atoms with Gasteiger partial charge in [0.05, 0.1) is 11.3 Å². The molecular weight excluding hydrogens is 390 g/mol. The molecule has 0 saturated carbocycles. The van der Waals surface area contributed by atoms with Crippen molar-refractivity contribution in [1.29, 1.82) is 0 Å². The summed E-state index contributed by atoms with van der Waals surface area (Å²) < 4.78 is 34.6. The lowest BCUT2D eigenvalue weighted by Crippen LogP contribution is -2.26. The maximum Gasteiger partial charge on any atom is 0.221 e. The molecule has 0 aliphatic heterocycles. The number of aryl methyl sites for hydroxylation is 1. The van der Waals surface area contributed by atoms with E-state index < -0.39 is 11.6 Å². The van der Waals surface area contributed by atoms with E-state index in [1.165, 1.54) is 17.1 Å². The Morgan fingerprint density at radius 3 is 2.20 bits per heavy atom. The van der Waals surface area contributed by atoms with E-state index in [0.29, 0.717) is 12.0 Å². The predicted molar refractivity (Wildman–Crippen MR) is 113 cm³/mol. The van der Waals surface area contributed by atoms with Gasteiger partial charge in [0.25, 0.3) is 0 Å². The minimum absolute atomic E-state index is 0.0591. The number of carbonyl (C=O) groups excluding carboxylic acids is 1. The Morgan fingerprint density at radius 2 is 1.67 bits per heavy atom. The molecule has 8 heteroatoms. The lowest BCUT2D eigenvalue weighted by molar-refractivity contribution is -0.109. The second kappa shape index (κ2) is 10.9. The van der Waals surface area contributed by atoms with Crippen molar-refractivity contribution in [3.8, 4) is 16.9 Å². The van der Waals surface area contributed by atoms with E-state index in [4.69, 9.17) is 15.4 Å². The number of nitrogens with zero attached hydrogens (tertiary/aromatic N) is 1. The highest BCUT2D eigenvalue weighted by Gasteiger charge is 2.15. The van der Waals surface area contributed by atoms with Crippen LogP contribution in [0.1, 0.15) is 11.1 Å². The monoisotopic (exact) mass is 414 g/mol. The van der Waals surface area contributed by atoms with E-state index in [9.17, 15) is 8.78 Å². The zero-order valence-electron chi connectivity index (χ0n) is 16.7. The van der Waals surface area contributed by atoms with Gasteiger partial charge in [0.2, 0.25) is 6.41 Å². The van der Waals surface area contributed by atoms with E-state index in [0.717, 1.165) is 16.8 Å². The fraction of sp³-hybridized carbons (Fsp3) is 0.136. The van der Waals surface area contributed by atoms with Gasteiger partial charge in [0.1, 0.15) is 24.0 Å². The number of hydrogen-bond acceptors (Lipinski definition) is 5. The number of ether oxygens (including phenoxy) is 1. The number of benzene rings is 3. The molecule has 30 heavy (non-hydrogen) atoms. The Labute approximate surface area is 174 Å². The third-order valence-corrected chi connectivity index (χ3v) is 4.29. The molecule has 0 spiro atoms. The van der Waals surface area contributed by atoms with Crippen LogP contribution in [-0.4, -0.2) is 13.5 Å². The first-order chi connectivity index (χ1) is 14.4. The van der Waals surface area contributed by atoms with Crippen LogP contribution in [0.5, 0.6) is 5.75 Å². The minimum atomic E-state index is -0.660. The van der Waals surface area contributed by atoms with Gasteiger partial charge in [-0.3, -0.25) is 10.2 Å². The van der Waals surface area contributed by atoms with Crippen LogP contribution in [0.2, 0.25) is 0 Å². The van der Waals surface area contributed by atoms with E-state index in [1.54, 1.807) is 42.8 Å². The van der Waals surface area contributed by atoms with Crippen molar-refractivity contribution in [2.45, 2.75) is 13.5 Å². The maximum absolute atomic E-state index is 14.5. The third kappa shape index (κ3) is 5.76. The molecule has 3 rings (SSSR count). The lowest BCUT2D eigenvalue weighted by atomic mass is 10.0. The summed E-state index contributed by atoms with van der Waals surface area (Å²) in [4.78, 5) is 8.94. The second-order valence-corrected chi connectivity index (χ2v) is 6.38. The number of nitrogens with one attached hydrogen (secondary N) is 1. The van der Waals surface area contributed by atoms with Crippen LogP contribution in [-0.2, 0) is 11.4 Å². The molecular formula is C22H24F2N4O2. The summed E-state index contributed by atoms with van der Waals surface area (Å²) in [5, 5.41) is 1.49. The first-order valence-corrected chi connectivity index (χ1v) is 9.03. The summed E-state index contributed by atoms with van der Waals surface area (Å²) in [7, 11) is 1.73. The molecule has 0 aromatic heterocycles. The summed E-state index contributed by atoms with van der Waals surface area (Å²) in [5.74, 6) is 9.07. The van der Waals surface area contributed by atoms with Gasteiger partial charge in [-0.1, -0.05) is 42.5 Å². The van der Waals surface area contributed by atoms with Crippen molar-refractivity contribution < 1.29 is 18.3 Å². The molecule has 0 unspecified atom stereocenters. The normalized spacial score (nSPS) is 9.93. The quantitative estimate of drug-likeness (QED) is 0.249. The van der Waals surface area contributed by atoms with E-state index in [1.807, 2.05) is 25.1 Å². The average molecular weight is 414 g/mol. The van der Waals surface area contributed by atoms with Gasteiger partial charge < -0.3 is 9.75 Å². The highest BCUT2D eigenvalue weighted by molar-refractivity contribution is 5.65. The Balaban J connectivity index is 0.000000735. The Kier molecular flexibility index (Phi) is 8.28. The molecule has 6 nitrogen and oxygen atoms in total. The maximum atomic E-state index is 14.5.